The number of fused-ring (bicyclic) bond motifs is 1. The number of aromatic nitrogens is 2. The van der Waals surface area contributed by atoms with E-state index in [9.17, 15) is 4.39 Å². The largest absolute Gasteiger partial charge is 0.329 e. The summed E-state index contributed by atoms with van der Waals surface area (Å²) in [5, 5.41) is 2.23. The monoisotopic (exact) mass is 329 g/mol. The van der Waals surface area contributed by atoms with Gasteiger partial charge in [-0.1, -0.05) is 0 Å². The van der Waals surface area contributed by atoms with Gasteiger partial charge in [0.15, 0.2) is 4.77 Å². The summed E-state index contributed by atoms with van der Waals surface area (Å²) in [6.45, 7) is 1.99. The lowest BCUT2D eigenvalue weighted by molar-refractivity contribution is 0.482. The molecule has 0 atom stereocenters. The molecule has 2 aromatic rings. The Morgan fingerprint density at radius 3 is 2.67 bits per heavy atom. The van der Waals surface area contributed by atoms with E-state index in [0.717, 1.165) is 24.1 Å². The summed E-state index contributed by atoms with van der Waals surface area (Å²) >= 11 is 8.58. The summed E-state index contributed by atoms with van der Waals surface area (Å²) in [5.41, 5.74) is 1.67. The Balaban J connectivity index is 2.18. The number of nitrogens with zero attached hydrogens (tertiary/aromatic N) is 2. The van der Waals surface area contributed by atoms with Crippen LogP contribution in [0.4, 0.5) is 4.39 Å². The van der Waals surface area contributed by atoms with E-state index in [1.807, 2.05) is 4.68 Å². The Labute approximate surface area is 118 Å². The molecule has 1 N–H and O–H groups in total. The molecule has 18 heavy (non-hydrogen) atoms. The predicted molar refractivity (Wildman–Crippen MR) is 76.6 cm³/mol. The lowest BCUT2D eigenvalue weighted by Crippen LogP contribution is -2.39. The molecule has 1 aliphatic rings. The van der Waals surface area contributed by atoms with Crippen LogP contribution in [0.5, 0.6) is 0 Å². The van der Waals surface area contributed by atoms with Crippen molar-refractivity contribution in [3.8, 4) is 0 Å². The molecule has 96 valence electrons. The fourth-order valence-corrected chi connectivity index (χ4v) is 3.10. The molecule has 0 saturated carbocycles. The first-order valence-corrected chi connectivity index (χ1v) is 7.22. The maximum Gasteiger partial charge on any atom is 0.197 e. The third-order valence-corrected chi connectivity index (χ3v) is 4.20. The maximum atomic E-state index is 13.5. The van der Waals surface area contributed by atoms with Gasteiger partial charge in [-0.3, -0.25) is 0 Å². The van der Waals surface area contributed by atoms with Crippen LogP contribution in [0.3, 0.4) is 0 Å². The minimum atomic E-state index is -0.274. The molecular weight excluding hydrogens is 317 g/mol. The van der Waals surface area contributed by atoms with Crippen LogP contribution in [0, 0.1) is 10.6 Å². The first-order valence-electron chi connectivity index (χ1n) is 6.02. The van der Waals surface area contributed by atoms with Crippen LogP contribution >= 0.6 is 28.1 Å². The van der Waals surface area contributed by atoms with Gasteiger partial charge in [-0.15, -0.1) is 0 Å². The van der Waals surface area contributed by atoms with Crippen LogP contribution in [0.1, 0.15) is 19.3 Å². The highest BCUT2D eigenvalue weighted by Crippen LogP contribution is 2.24. The van der Waals surface area contributed by atoms with Crippen LogP contribution in [-0.4, -0.2) is 22.7 Å². The number of aromatic amines is 1. The van der Waals surface area contributed by atoms with E-state index in [1.54, 1.807) is 6.07 Å². The minimum Gasteiger partial charge on any atom is -0.329 e. The van der Waals surface area contributed by atoms with Crippen LogP contribution in [0.25, 0.3) is 11.0 Å². The van der Waals surface area contributed by atoms with Gasteiger partial charge in [-0.2, -0.15) is 0 Å². The van der Waals surface area contributed by atoms with Gasteiger partial charge in [0.05, 0.1) is 15.5 Å². The van der Waals surface area contributed by atoms with E-state index in [1.165, 1.54) is 25.3 Å². The number of hydrogen-bond acceptors (Lipinski definition) is 2. The Morgan fingerprint density at radius 2 is 1.94 bits per heavy atom. The number of halogens is 2. The normalized spacial score (nSPS) is 16.4. The van der Waals surface area contributed by atoms with E-state index in [-0.39, 0.29) is 5.82 Å². The summed E-state index contributed by atoms with van der Waals surface area (Å²) in [6.07, 6.45) is 3.62. The van der Waals surface area contributed by atoms with Gasteiger partial charge in [-0.05, 0) is 53.5 Å². The van der Waals surface area contributed by atoms with Crippen molar-refractivity contribution >= 4 is 39.2 Å². The highest BCUT2D eigenvalue weighted by molar-refractivity contribution is 9.10. The SMILES string of the molecule is Fc1cc2[nH]c(=S)n(N3CCCCC3)c2cc1Br. The van der Waals surface area contributed by atoms with Gasteiger partial charge >= 0.3 is 0 Å². The van der Waals surface area contributed by atoms with Crippen LogP contribution in [0.2, 0.25) is 0 Å². The van der Waals surface area contributed by atoms with Crippen molar-refractivity contribution in [3.63, 3.8) is 0 Å². The second-order valence-electron chi connectivity index (χ2n) is 4.54. The molecule has 1 saturated heterocycles. The minimum absolute atomic E-state index is 0.274. The molecule has 3 nitrogen and oxygen atoms in total. The van der Waals surface area contributed by atoms with Gasteiger partial charge in [0.25, 0.3) is 0 Å². The average molecular weight is 330 g/mol. The Kier molecular flexibility index (Phi) is 3.15. The molecule has 0 amide bonds. The first kappa shape index (κ1) is 12.2. The fraction of sp³-hybridized carbons (Fsp3) is 0.417. The van der Waals surface area contributed by atoms with E-state index >= 15 is 0 Å². The molecule has 0 unspecified atom stereocenters. The zero-order valence-electron chi connectivity index (χ0n) is 9.75. The molecule has 0 aliphatic carbocycles. The second kappa shape index (κ2) is 4.66. The number of H-pyrrole nitrogens is 1. The lowest BCUT2D eigenvalue weighted by Gasteiger charge is -2.29. The smallest absolute Gasteiger partial charge is 0.197 e. The highest BCUT2D eigenvalue weighted by atomic mass is 79.9. The number of imidazole rings is 1. The number of hydrogen-bond donors (Lipinski definition) is 1. The van der Waals surface area contributed by atoms with Crippen molar-refractivity contribution in [1.82, 2.24) is 9.66 Å². The number of rotatable bonds is 1. The molecule has 1 aliphatic heterocycles. The average Bonchev–Trinajstić information content (AvgIpc) is 2.66. The first-order chi connectivity index (χ1) is 8.66. The third kappa shape index (κ3) is 1.97. The molecule has 2 heterocycles. The molecule has 0 bridgehead atoms. The van der Waals surface area contributed by atoms with E-state index in [0.29, 0.717) is 9.24 Å². The van der Waals surface area contributed by atoms with Crippen LogP contribution in [-0.2, 0) is 0 Å². The van der Waals surface area contributed by atoms with Gasteiger partial charge in [0.1, 0.15) is 5.82 Å². The van der Waals surface area contributed by atoms with E-state index in [4.69, 9.17) is 12.2 Å². The lowest BCUT2D eigenvalue weighted by atomic mass is 10.2. The standard InChI is InChI=1S/C12H13BrFN3S/c13-8-6-11-10(7-9(8)14)15-12(18)17(11)16-4-2-1-3-5-16/h6-7H,1-5H2,(H,15,18). The van der Waals surface area contributed by atoms with Gasteiger partial charge in [0.2, 0.25) is 0 Å². The quantitative estimate of drug-likeness (QED) is 0.806. The summed E-state index contributed by atoms with van der Waals surface area (Å²) in [7, 11) is 0. The summed E-state index contributed by atoms with van der Waals surface area (Å²) in [4.78, 5) is 3.07. The molecule has 1 aromatic heterocycles. The predicted octanol–water partition coefficient (Wildman–Crippen LogP) is 3.72. The van der Waals surface area contributed by atoms with Crippen molar-refractivity contribution in [2.24, 2.45) is 0 Å². The van der Waals surface area contributed by atoms with Crippen molar-refractivity contribution in [3.05, 3.63) is 27.2 Å². The Bertz CT molecular complexity index is 643. The Hall–Kier alpha value is -0.880. The van der Waals surface area contributed by atoms with Crippen molar-refractivity contribution in [2.45, 2.75) is 19.3 Å². The topological polar surface area (TPSA) is 24.0 Å². The molecule has 6 heteroatoms. The van der Waals surface area contributed by atoms with Crippen molar-refractivity contribution in [1.29, 1.82) is 0 Å². The molecule has 0 radical (unpaired) electrons. The molecule has 3 rings (SSSR count). The molecule has 1 aromatic carbocycles. The van der Waals surface area contributed by atoms with Gasteiger partial charge in [-0.25, -0.2) is 9.07 Å². The molecular formula is C12H13BrFN3S. The van der Waals surface area contributed by atoms with E-state index < -0.39 is 0 Å². The summed E-state index contributed by atoms with van der Waals surface area (Å²) in [5.74, 6) is -0.274. The Morgan fingerprint density at radius 1 is 1.22 bits per heavy atom. The fourth-order valence-electron chi connectivity index (χ4n) is 2.45. The van der Waals surface area contributed by atoms with Gasteiger partial charge < -0.3 is 9.99 Å². The number of piperidine rings is 1. The molecule has 0 spiro atoms. The second-order valence-corrected chi connectivity index (χ2v) is 5.78. The maximum absolute atomic E-state index is 13.5. The summed E-state index contributed by atoms with van der Waals surface area (Å²) < 4.78 is 16.6. The van der Waals surface area contributed by atoms with Crippen molar-refractivity contribution < 1.29 is 4.39 Å². The highest BCUT2D eigenvalue weighted by Gasteiger charge is 2.16. The zero-order valence-corrected chi connectivity index (χ0v) is 12.2. The van der Waals surface area contributed by atoms with Crippen molar-refractivity contribution in [2.75, 3.05) is 18.1 Å². The van der Waals surface area contributed by atoms with Crippen LogP contribution in [0.15, 0.2) is 16.6 Å². The summed E-state index contributed by atoms with van der Waals surface area (Å²) in [6, 6.07) is 3.27. The van der Waals surface area contributed by atoms with Crippen LogP contribution < -0.4 is 5.01 Å². The molecule has 1 fully saturated rings. The van der Waals surface area contributed by atoms with E-state index in [2.05, 4.69) is 25.9 Å². The number of benzene rings is 1. The third-order valence-electron chi connectivity index (χ3n) is 3.32. The van der Waals surface area contributed by atoms with Gasteiger partial charge in [0, 0.05) is 19.2 Å². The zero-order chi connectivity index (χ0) is 12.7. The number of nitrogens with one attached hydrogen (secondary N) is 1.